The first-order valence-corrected chi connectivity index (χ1v) is 8.20. The molecule has 0 radical (unpaired) electrons. The lowest BCUT2D eigenvalue weighted by atomic mass is 9.91. The smallest absolute Gasteiger partial charge is 0.186 e. The predicted octanol–water partition coefficient (Wildman–Crippen LogP) is 2.38. The van der Waals surface area contributed by atoms with Crippen LogP contribution in [0.15, 0.2) is 12.4 Å². The Kier molecular flexibility index (Phi) is 3.75. The molecule has 0 spiro atoms. The molecule has 1 aliphatic heterocycles. The molecule has 0 aliphatic carbocycles. The first kappa shape index (κ1) is 14.5. The van der Waals surface area contributed by atoms with Crippen LogP contribution in [0.3, 0.4) is 0 Å². The third kappa shape index (κ3) is 2.82. The molecule has 1 aliphatic rings. The van der Waals surface area contributed by atoms with Gasteiger partial charge in [0.2, 0.25) is 0 Å². The fourth-order valence-corrected chi connectivity index (χ4v) is 3.98. The van der Waals surface area contributed by atoms with Gasteiger partial charge in [-0.15, -0.1) is 11.3 Å². The van der Waals surface area contributed by atoms with Crippen molar-refractivity contribution >= 4 is 16.5 Å². The third-order valence-corrected chi connectivity index (χ3v) is 4.87. The summed E-state index contributed by atoms with van der Waals surface area (Å²) in [6, 6.07) is 0. The number of hydrogen-bond acceptors (Lipinski definition) is 5. The molecule has 114 valence electrons. The largest absolute Gasteiger partial charge is 0.339 e. The summed E-state index contributed by atoms with van der Waals surface area (Å²) in [5.74, 6) is 1.13. The van der Waals surface area contributed by atoms with Crippen molar-refractivity contribution in [1.82, 2.24) is 19.9 Å². The minimum atomic E-state index is 0.0786. The van der Waals surface area contributed by atoms with Crippen molar-refractivity contribution in [3.05, 3.63) is 28.8 Å². The summed E-state index contributed by atoms with van der Waals surface area (Å²) < 4.78 is 2.23. The van der Waals surface area contributed by atoms with E-state index in [-0.39, 0.29) is 5.41 Å². The lowest BCUT2D eigenvalue weighted by molar-refractivity contribution is 0.547. The van der Waals surface area contributed by atoms with Gasteiger partial charge >= 0.3 is 0 Å². The van der Waals surface area contributed by atoms with Crippen LogP contribution < -0.4 is 10.2 Å². The molecule has 1 N–H and O–H groups in total. The highest BCUT2D eigenvalue weighted by molar-refractivity contribution is 7.15. The van der Waals surface area contributed by atoms with E-state index in [1.807, 2.05) is 24.6 Å². The molecule has 3 rings (SSSR count). The maximum atomic E-state index is 4.95. The quantitative estimate of drug-likeness (QED) is 0.946. The van der Waals surface area contributed by atoms with Gasteiger partial charge in [-0.05, 0) is 7.05 Å². The molecule has 21 heavy (non-hydrogen) atoms. The fraction of sp³-hybridized carbons (Fsp3) is 0.600. The van der Waals surface area contributed by atoms with Gasteiger partial charge in [0.15, 0.2) is 5.13 Å². The minimum absolute atomic E-state index is 0.0786. The number of thiazole rings is 1. The topological polar surface area (TPSA) is 46.0 Å². The van der Waals surface area contributed by atoms with E-state index in [2.05, 4.69) is 46.7 Å². The number of anilines is 1. The van der Waals surface area contributed by atoms with E-state index in [9.17, 15) is 0 Å². The zero-order valence-corrected chi connectivity index (χ0v) is 14.0. The highest BCUT2D eigenvalue weighted by Crippen LogP contribution is 2.34. The standard InChI is InChI=1S/C15H23N5S/c1-15(2,3)13-11(9-16-4)21-14(18-13)20-8-7-19-6-5-17-12(19)10-20/h5-6,16H,7-10H2,1-4H3. The Labute approximate surface area is 130 Å². The highest BCUT2D eigenvalue weighted by atomic mass is 32.1. The molecule has 0 unspecified atom stereocenters. The lowest BCUT2D eigenvalue weighted by Gasteiger charge is -2.27. The van der Waals surface area contributed by atoms with Gasteiger partial charge in [-0.2, -0.15) is 0 Å². The van der Waals surface area contributed by atoms with E-state index < -0.39 is 0 Å². The maximum Gasteiger partial charge on any atom is 0.186 e. The van der Waals surface area contributed by atoms with Crippen molar-refractivity contribution in [2.24, 2.45) is 0 Å². The van der Waals surface area contributed by atoms with E-state index in [0.29, 0.717) is 0 Å². The molecular weight excluding hydrogens is 282 g/mol. The number of aromatic nitrogens is 3. The van der Waals surface area contributed by atoms with Gasteiger partial charge in [0.25, 0.3) is 0 Å². The number of rotatable bonds is 3. The fourth-order valence-electron chi connectivity index (χ4n) is 2.68. The average molecular weight is 305 g/mol. The molecule has 0 saturated carbocycles. The Balaban J connectivity index is 1.89. The molecule has 0 amide bonds. The second-order valence-electron chi connectivity index (χ2n) is 6.51. The number of fused-ring (bicyclic) bond motifs is 1. The van der Waals surface area contributed by atoms with Crippen LogP contribution in [0.25, 0.3) is 0 Å². The molecule has 0 saturated heterocycles. The average Bonchev–Trinajstić information content (AvgIpc) is 3.03. The monoisotopic (exact) mass is 305 g/mol. The summed E-state index contributed by atoms with van der Waals surface area (Å²) >= 11 is 1.81. The lowest BCUT2D eigenvalue weighted by Crippen LogP contribution is -2.33. The van der Waals surface area contributed by atoms with E-state index in [0.717, 1.165) is 37.1 Å². The van der Waals surface area contributed by atoms with Crippen LogP contribution in [0.1, 0.15) is 37.2 Å². The predicted molar refractivity (Wildman–Crippen MR) is 86.9 cm³/mol. The summed E-state index contributed by atoms with van der Waals surface area (Å²) in [6.07, 6.45) is 3.94. The first-order chi connectivity index (χ1) is 9.99. The van der Waals surface area contributed by atoms with Gasteiger partial charge in [-0.1, -0.05) is 20.8 Å². The van der Waals surface area contributed by atoms with Gasteiger partial charge in [0, 0.05) is 42.3 Å². The second kappa shape index (κ2) is 5.42. The van der Waals surface area contributed by atoms with E-state index in [1.165, 1.54) is 10.6 Å². The van der Waals surface area contributed by atoms with Crippen molar-refractivity contribution in [2.75, 3.05) is 18.5 Å². The second-order valence-corrected chi connectivity index (χ2v) is 7.57. The Morgan fingerprint density at radius 3 is 2.86 bits per heavy atom. The summed E-state index contributed by atoms with van der Waals surface area (Å²) in [6.45, 7) is 10.4. The van der Waals surface area contributed by atoms with E-state index in [1.54, 1.807) is 0 Å². The third-order valence-electron chi connectivity index (χ3n) is 3.75. The number of nitrogens with one attached hydrogen (secondary N) is 1. The number of imidazole rings is 1. The molecule has 2 aromatic rings. The molecule has 0 atom stereocenters. The van der Waals surface area contributed by atoms with E-state index >= 15 is 0 Å². The Hall–Kier alpha value is -1.40. The van der Waals surface area contributed by atoms with Gasteiger partial charge in [-0.25, -0.2) is 9.97 Å². The Bertz CT molecular complexity index is 622. The van der Waals surface area contributed by atoms with E-state index in [4.69, 9.17) is 4.98 Å². The van der Waals surface area contributed by atoms with Crippen LogP contribution in [0, 0.1) is 0 Å². The molecule has 0 bridgehead atoms. The first-order valence-electron chi connectivity index (χ1n) is 7.39. The summed E-state index contributed by atoms with van der Waals surface area (Å²) in [5, 5.41) is 4.38. The zero-order valence-electron chi connectivity index (χ0n) is 13.2. The molecule has 5 nitrogen and oxygen atoms in total. The van der Waals surface area contributed by atoms with Crippen molar-refractivity contribution in [2.45, 2.75) is 45.8 Å². The zero-order chi connectivity index (χ0) is 15.0. The van der Waals surface area contributed by atoms with Crippen molar-refractivity contribution in [3.63, 3.8) is 0 Å². The van der Waals surface area contributed by atoms with Gasteiger partial charge < -0.3 is 14.8 Å². The minimum Gasteiger partial charge on any atom is -0.339 e. The van der Waals surface area contributed by atoms with Gasteiger partial charge in [-0.3, -0.25) is 0 Å². The normalized spacial score (nSPS) is 15.3. The van der Waals surface area contributed by atoms with Crippen LogP contribution in [-0.2, 0) is 25.0 Å². The summed E-state index contributed by atoms with van der Waals surface area (Å²) in [5.41, 5.74) is 1.29. The Morgan fingerprint density at radius 2 is 2.14 bits per heavy atom. The van der Waals surface area contributed by atoms with Crippen LogP contribution >= 0.6 is 11.3 Å². The molecule has 2 aromatic heterocycles. The molecular formula is C15H23N5S. The van der Waals surface area contributed by atoms with Crippen LogP contribution in [0.4, 0.5) is 5.13 Å². The molecule has 3 heterocycles. The summed E-state index contributed by atoms with van der Waals surface area (Å²) in [7, 11) is 1.99. The number of nitrogens with zero attached hydrogens (tertiary/aromatic N) is 4. The molecule has 0 fully saturated rings. The van der Waals surface area contributed by atoms with Gasteiger partial charge in [0.1, 0.15) is 5.82 Å². The molecule has 6 heteroatoms. The maximum absolute atomic E-state index is 4.95. The van der Waals surface area contributed by atoms with Crippen molar-refractivity contribution < 1.29 is 0 Å². The van der Waals surface area contributed by atoms with Crippen molar-refractivity contribution in [3.8, 4) is 0 Å². The van der Waals surface area contributed by atoms with Crippen LogP contribution in [-0.4, -0.2) is 28.1 Å². The number of hydrogen-bond donors (Lipinski definition) is 1. The molecule has 0 aromatic carbocycles. The summed E-state index contributed by atoms with van der Waals surface area (Å²) in [4.78, 5) is 13.1. The van der Waals surface area contributed by atoms with Crippen molar-refractivity contribution in [1.29, 1.82) is 0 Å². The van der Waals surface area contributed by atoms with Gasteiger partial charge in [0.05, 0.1) is 12.2 Å². The SMILES string of the molecule is CNCc1sc(N2CCn3ccnc3C2)nc1C(C)(C)C. The highest BCUT2D eigenvalue weighted by Gasteiger charge is 2.26. The van der Waals surface area contributed by atoms with Crippen LogP contribution in [0.2, 0.25) is 0 Å². The Morgan fingerprint density at radius 1 is 1.33 bits per heavy atom. The van der Waals surface area contributed by atoms with Crippen LogP contribution in [0.5, 0.6) is 0 Å².